The van der Waals surface area contributed by atoms with Crippen LogP contribution in [0.1, 0.15) is 32.4 Å². The molecule has 0 aliphatic heterocycles. The second-order valence-corrected chi connectivity index (χ2v) is 5.35. The predicted octanol–water partition coefficient (Wildman–Crippen LogP) is 2.85. The molecule has 0 aliphatic carbocycles. The minimum absolute atomic E-state index is 0.0566. The van der Waals surface area contributed by atoms with Gasteiger partial charge >= 0.3 is 12.7 Å². The molecule has 1 rings (SSSR count). The number of benzene rings is 1. The normalized spacial score (nSPS) is 12.9. The lowest BCUT2D eigenvalue weighted by molar-refractivity contribution is -0.0499. The molecule has 0 bridgehead atoms. The van der Waals surface area contributed by atoms with Crippen molar-refractivity contribution in [3.63, 3.8) is 0 Å². The Balaban J connectivity index is 2.55. The van der Waals surface area contributed by atoms with E-state index in [-0.39, 0.29) is 12.3 Å². The molecule has 21 heavy (non-hydrogen) atoms. The fraction of sp³-hybridized carbons (Fsp3) is 0.500. The van der Waals surface area contributed by atoms with Gasteiger partial charge in [-0.1, -0.05) is 12.1 Å². The Morgan fingerprint density at radius 3 is 2.62 bits per heavy atom. The highest BCUT2D eigenvalue weighted by atomic mass is 19.3. The van der Waals surface area contributed by atoms with Gasteiger partial charge in [-0.15, -0.1) is 0 Å². The highest BCUT2D eigenvalue weighted by molar-refractivity contribution is 5.67. The summed E-state index contributed by atoms with van der Waals surface area (Å²) in [4.78, 5) is 11.4. The Kier molecular flexibility index (Phi) is 5.90. The smallest absolute Gasteiger partial charge is 0.407 e. The van der Waals surface area contributed by atoms with Gasteiger partial charge in [0.05, 0.1) is 12.6 Å². The summed E-state index contributed by atoms with van der Waals surface area (Å²) in [6.07, 6.45) is -1.72. The molecular formula is C14H19F2NO4. The van der Waals surface area contributed by atoms with Crippen LogP contribution >= 0.6 is 0 Å². The number of aliphatic hydroxyl groups excluding tert-OH is 1. The van der Waals surface area contributed by atoms with Crippen molar-refractivity contribution >= 4 is 6.09 Å². The third kappa shape index (κ3) is 6.89. The average molecular weight is 303 g/mol. The van der Waals surface area contributed by atoms with Crippen LogP contribution in [0.2, 0.25) is 0 Å². The van der Waals surface area contributed by atoms with Gasteiger partial charge in [0, 0.05) is 0 Å². The van der Waals surface area contributed by atoms with E-state index < -0.39 is 24.4 Å². The van der Waals surface area contributed by atoms with Gasteiger partial charge < -0.3 is 19.9 Å². The molecule has 0 radical (unpaired) electrons. The number of amides is 1. The molecule has 0 heterocycles. The standard InChI is InChI=1S/C14H19F2NO4/c1-14(2,3)21-13(19)17-8-11(18)9-5-4-6-10(7-9)20-12(15)16/h4-7,11-12,18H,8H2,1-3H3,(H,17,19). The molecule has 0 aliphatic rings. The fourth-order valence-corrected chi connectivity index (χ4v) is 1.51. The number of alkyl halides is 2. The number of carbonyl (C=O) groups excluding carboxylic acids is 1. The molecule has 7 heteroatoms. The lowest BCUT2D eigenvalue weighted by Crippen LogP contribution is -2.34. The SMILES string of the molecule is CC(C)(C)OC(=O)NCC(O)c1cccc(OC(F)F)c1. The van der Waals surface area contributed by atoms with Gasteiger partial charge in [0.1, 0.15) is 11.4 Å². The van der Waals surface area contributed by atoms with Crippen molar-refractivity contribution in [1.29, 1.82) is 0 Å². The van der Waals surface area contributed by atoms with Crippen LogP contribution in [0.3, 0.4) is 0 Å². The van der Waals surface area contributed by atoms with Crippen LogP contribution in [0.5, 0.6) is 5.75 Å². The van der Waals surface area contributed by atoms with Gasteiger partial charge in [0.25, 0.3) is 0 Å². The molecule has 0 spiro atoms. The van der Waals surface area contributed by atoms with E-state index in [0.717, 1.165) is 0 Å². The van der Waals surface area contributed by atoms with Crippen LogP contribution in [-0.4, -0.2) is 30.0 Å². The van der Waals surface area contributed by atoms with Crippen LogP contribution in [0.4, 0.5) is 13.6 Å². The summed E-state index contributed by atoms with van der Waals surface area (Å²) in [6.45, 7) is 2.11. The van der Waals surface area contributed by atoms with Crippen molar-refractivity contribution in [1.82, 2.24) is 5.32 Å². The molecule has 0 saturated heterocycles. The molecule has 2 N–H and O–H groups in total. The lowest BCUT2D eigenvalue weighted by Gasteiger charge is -2.20. The maximum Gasteiger partial charge on any atom is 0.407 e. The summed E-state index contributed by atoms with van der Waals surface area (Å²) >= 11 is 0. The number of nitrogens with one attached hydrogen (secondary N) is 1. The maximum absolute atomic E-state index is 12.1. The third-order valence-corrected chi connectivity index (χ3v) is 2.31. The molecular weight excluding hydrogens is 284 g/mol. The van der Waals surface area contributed by atoms with Crippen LogP contribution in [0.15, 0.2) is 24.3 Å². The Bertz CT molecular complexity index is 474. The summed E-state index contributed by atoms with van der Waals surface area (Å²) in [5.74, 6) is -0.0566. The lowest BCUT2D eigenvalue weighted by atomic mass is 10.1. The van der Waals surface area contributed by atoms with Gasteiger partial charge in [-0.2, -0.15) is 8.78 Å². The van der Waals surface area contributed by atoms with E-state index in [2.05, 4.69) is 10.1 Å². The number of carbonyl (C=O) groups is 1. The Morgan fingerprint density at radius 2 is 2.05 bits per heavy atom. The zero-order chi connectivity index (χ0) is 16.0. The van der Waals surface area contributed by atoms with Crippen molar-refractivity contribution in [3.05, 3.63) is 29.8 Å². The zero-order valence-corrected chi connectivity index (χ0v) is 12.1. The number of hydrogen-bond donors (Lipinski definition) is 2. The van der Waals surface area contributed by atoms with Crippen LogP contribution in [0, 0.1) is 0 Å². The second-order valence-electron chi connectivity index (χ2n) is 5.35. The summed E-state index contributed by atoms with van der Waals surface area (Å²) in [7, 11) is 0. The fourth-order valence-electron chi connectivity index (χ4n) is 1.51. The molecule has 1 aromatic rings. The summed E-state index contributed by atoms with van der Waals surface area (Å²) in [6, 6.07) is 5.65. The molecule has 1 atom stereocenters. The topological polar surface area (TPSA) is 67.8 Å². The Hall–Kier alpha value is -1.89. The maximum atomic E-state index is 12.1. The second kappa shape index (κ2) is 7.21. The number of alkyl carbamates (subject to hydrolysis) is 1. The molecule has 0 aromatic heterocycles. The van der Waals surface area contributed by atoms with Crippen molar-refractivity contribution in [2.75, 3.05) is 6.54 Å². The van der Waals surface area contributed by atoms with E-state index in [0.29, 0.717) is 5.56 Å². The quantitative estimate of drug-likeness (QED) is 0.877. The van der Waals surface area contributed by atoms with E-state index in [9.17, 15) is 18.7 Å². The van der Waals surface area contributed by atoms with Gasteiger partial charge in [0.2, 0.25) is 0 Å². The van der Waals surface area contributed by atoms with Gasteiger partial charge in [-0.05, 0) is 38.5 Å². The van der Waals surface area contributed by atoms with E-state index in [1.54, 1.807) is 26.8 Å². The molecule has 0 saturated carbocycles. The molecule has 5 nitrogen and oxygen atoms in total. The molecule has 1 unspecified atom stereocenters. The van der Waals surface area contributed by atoms with Crippen molar-refractivity contribution in [2.45, 2.75) is 39.1 Å². The van der Waals surface area contributed by atoms with E-state index in [1.807, 2.05) is 0 Å². The van der Waals surface area contributed by atoms with Gasteiger partial charge in [-0.3, -0.25) is 0 Å². The number of rotatable bonds is 5. The highest BCUT2D eigenvalue weighted by Crippen LogP contribution is 2.20. The minimum Gasteiger partial charge on any atom is -0.444 e. The first-order valence-corrected chi connectivity index (χ1v) is 6.37. The van der Waals surface area contributed by atoms with E-state index in [4.69, 9.17) is 4.74 Å². The van der Waals surface area contributed by atoms with Crippen LogP contribution in [-0.2, 0) is 4.74 Å². The molecule has 1 amide bonds. The first-order chi connectivity index (χ1) is 9.67. The van der Waals surface area contributed by atoms with Crippen LogP contribution < -0.4 is 10.1 Å². The first-order valence-electron chi connectivity index (χ1n) is 6.37. The number of aliphatic hydroxyl groups is 1. The largest absolute Gasteiger partial charge is 0.444 e. The predicted molar refractivity (Wildman–Crippen MR) is 72.3 cm³/mol. The van der Waals surface area contributed by atoms with E-state index >= 15 is 0 Å². The summed E-state index contributed by atoms with van der Waals surface area (Å²) in [5.41, 5.74) is -0.288. The summed E-state index contributed by atoms with van der Waals surface area (Å²) in [5, 5.41) is 12.3. The highest BCUT2D eigenvalue weighted by Gasteiger charge is 2.17. The molecule has 0 fully saturated rings. The van der Waals surface area contributed by atoms with Gasteiger partial charge in [0.15, 0.2) is 0 Å². The Labute approximate surface area is 121 Å². The van der Waals surface area contributed by atoms with Crippen molar-refractivity contribution in [2.24, 2.45) is 0 Å². The summed E-state index contributed by atoms with van der Waals surface area (Å²) < 4.78 is 33.5. The monoisotopic (exact) mass is 303 g/mol. The molecule has 118 valence electrons. The third-order valence-electron chi connectivity index (χ3n) is 2.31. The minimum atomic E-state index is -2.93. The molecule has 1 aromatic carbocycles. The number of ether oxygens (including phenoxy) is 2. The van der Waals surface area contributed by atoms with Crippen LogP contribution in [0.25, 0.3) is 0 Å². The van der Waals surface area contributed by atoms with Gasteiger partial charge in [-0.25, -0.2) is 4.79 Å². The van der Waals surface area contributed by atoms with Crippen molar-refractivity contribution < 1.29 is 28.2 Å². The number of halogens is 2. The van der Waals surface area contributed by atoms with Crippen molar-refractivity contribution in [3.8, 4) is 5.75 Å². The van der Waals surface area contributed by atoms with E-state index in [1.165, 1.54) is 18.2 Å². The number of hydrogen-bond acceptors (Lipinski definition) is 4. The first kappa shape index (κ1) is 17.2. The Morgan fingerprint density at radius 1 is 1.38 bits per heavy atom. The average Bonchev–Trinajstić information content (AvgIpc) is 2.33. The zero-order valence-electron chi connectivity index (χ0n) is 12.1.